The molecule has 20 heavy (non-hydrogen) atoms. The van der Waals surface area contributed by atoms with Crippen LogP contribution >= 0.6 is 38.5 Å². The molecule has 1 aromatic carbocycles. The molecule has 0 aliphatic rings. The van der Waals surface area contributed by atoms with Gasteiger partial charge in [0, 0.05) is 9.64 Å². The summed E-state index contributed by atoms with van der Waals surface area (Å²) in [5, 5.41) is 8.93. The maximum absolute atomic E-state index is 13.0. The van der Waals surface area contributed by atoms with Crippen molar-refractivity contribution in [1.82, 2.24) is 0 Å². The minimum Gasteiger partial charge on any atom is -0.450 e. The maximum atomic E-state index is 13.0. The third-order valence-corrected chi connectivity index (χ3v) is 5.44. The van der Waals surface area contributed by atoms with E-state index in [4.69, 9.17) is 9.52 Å². The highest BCUT2D eigenvalue weighted by Gasteiger charge is 2.23. The predicted octanol–water partition coefficient (Wildman–Crippen LogP) is 3.08. The first kappa shape index (κ1) is 15.7. The molecule has 0 bridgehead atoms. The summed E-state index contributed by atoms with van der Waals surface area (Å²) in [4.78, 5) is -0.137. The average Bonchev–Trinajstić information content (AvgIpc) is 2.75. The number of nitrogens with one attached hydrogen (secondary N) is 1. The summed E-state index contributed by atoms with van der Waals surface area (Å²) in [6.45, 7) is -0.414. The highest BCUT2D eigenvalue weighted by Crippen LogP contribution is 2.29. The molecule has 108 valence electrons. The van der Waals surface area contributed by atoms with E-state index in [0.717, 1.165) is 6.07 Å². The molecule has 1 aromatic heterocycles. The maximum Gasteiger partial charge on any atom is 0.266 e. The lowest BCUT2D eigenvalue weighted by Crippen LogP contribution is -2.13. The van der Waals surface area contributed by atoms with Crippen LogP contribution in [0.5, 0.6) is 0 Å². The number of aliphatic hydroxyl groups excluding tert-OH is 1. The van der Waals surface area contributed by atoms with E-state index in [1.165, 1.54) is 18.2 Å². The van der Waals surface area contributed by atoms with Gasteiger partial charge < -0.3 is 9.52 Å². The third-order valence-electron chi connectivity index (χ3n) is 2.33. The molecule has 2 N–H and O–H groups in total. The number of hydrogen-bond acceptors (Lipinski definition) is 4. The SMILES string of the molecule is O=S(=O)(Nc1ccc(F)cc1I)c1cc(CO)oc1Br. The zero-order valence-electron chi connectivity index (χ0n) is 9.73. The Hall–Kier alpha value is -0.650. The van der Waals surface area contributed by atoms with Gasteiger partial charge in [-0.2, -0.15) is 0 Å². The van der Waals surface area contributed by atoms with Gasteiger partial charge >= 0.3 is 0 Å². The van der Waals surface area contributed by atoms with Gasteiger partial charge in [-0.15, -0.1) is 0 Å². The molecule has 1 heterocycles. The number of furan rings is 1. The molecule has 0 saturated heterocycles. The summed E-state index contributed by atoms with van der Waals surface area (Å²) in [5.41, 5.74) is 0.255. The fourth-order valence-electron chi connectivity index (χ4n) is 1.43. The number of sulfonamides is 1. The van der Waals surface area contributed by atoms with E-state index in [9.17, 15) is 12.8 Å². The molecule has 0 aliphatic heterocycles. The molecular formula is C11H8BrFINO4S. The zero-order valence-corrected chi connectivity index (χ0v) is 14.3. The first-order valence-corrected chi connectivity index (χ1v) is 8.56. The lowest BCUT2D eigenvalue weighted by Gasteiger charge is -2.08. The van der Waals surface area contributed by atoms with Crippen molar-refractivity contribution in [2.75, 3.05) is 4.72 Å². The number of benzene rings is 1. The van der Waals surface area contributed by atoms with E-state index in [1.807, 2.05) is 22.6 Å². The average molecular weight is 476 g/mol. The molecule has 0 spiro atoms. The number of anilines is 1. The van der Waals surface area contributed by atoms with Crippen molar-refractivity contribution in [1.29, 1.82) is 0 Å². The second kappa shape index (κ2) is 6.00. The van der Waals surface area contributed by atoms with Crippen LogP contribution in [0.3, 0.4) is 0 Å². The monoisotopic (exact) mass is 475 g/mol. The van der Waals surface area contributed by atoms with Crippen LogP contribution in [0.4, 0.5) is 10.1 Å². The normalized spacial score (nSPS) is 11.6. The molecule has 0 fully saturated rings. The highest BCUT2D eigenvalue weighted by atomic mass is 127. The molecule has 9 heteroatoms. The van der Waals surface area contributed by atoms with E-state index >= 15 is 0 Å². The zero-order chi connectivity index (χ0) is 14.9. The molecule has 2 rings (SSSR count). The summed E-state index contributed by atoms with van der Waals surface area (Å²) in [7, 11) is -3.90. The summed E-state index contributed by atoms with van der Waals surface area (Å²) in [6.07, 6.45) is 0. The molecule has 0 amide bonds. The van der Waals surface area contributed by atoms with Crippen LogP contribution in [0.1, 0.15) is 5.76 Å². The Morgan fingerprint density at radius 1 is 1.40 bits per heavy atom. The molecule has 0 atom stereocenters. The molecular weight excluding hydrogens is 468 g/mol. The standard InChI is InChI=1S/C11H8BrFINO4S/c12-11-10(4-7(5-16)19-11)20(17,18)15-9-2-1-6(13)3-8(9)14/h1-4,15-16H,5H2. The van der Waals surface area contributed by atoms with Gasteiger partial charge in [-0.3, -0.25) is 4.72 Å². The summed E-state index contributed by atoms with van der Waals surface area (Å²) in [5.74, 6) is -0.338. The van der Waals surface area contributed by atoms with E-state index in [1.54, 1.807) is 0 Å². The molecule has 5 nitrogen and oxygen atoms in total. The number of rotatable bonds is 4. The van der Waals surface area contributed by atoms with Crippen LogP contribution in [0, 0.1) is 9.39 Å². The van der Waals surface area contributed by atoms with E-state index in [0.29, 0.717) is 3.57 Å². The van der Waals surface area contributed by atoms with Gasteiger partial charge in [-0.25, -0.2) is 12.8 Å². The topological polar surface area (TPSA) is 79.5 Å². The lowest BCUT2D eigenvalue weighted by molar-refractivity contribution is 0.245. The Balaban J connectivity index is 2.38. The minimum absolute atomic E-state index is 0.00818. The summed E-state index contributed by atoms with van der Waals surface area (Å²) >= 11 is 4.80. The first-order chi connectivity index (χ1) is 9.33. The minimum atomic E-state index is -3.90. The number of hydrogen-bond donors (Lipinski definition) is 2. The van der Waals surface area contributed by atoms with Crippen molar-refractivity contribution >= 4 is 54.2 Å². The summed E-state index contributed by atoms with van der Waals surface area (Å²) < 4.78 is 45.2. The Morgan fingerprint density at radius 3 is 2.65 bits per heavy atom. The Morgan fingerprint density at radius 2 is 2.10 bits per heavy atom. The van der Waals surface area contributed by atoms with Crippen molar-refractivity contribution in [2.45, 2.75) is 11.5 Å². The number of halogens is 3. The Kier molecular flexibility index (Phi) is 4.72. The van der Waals surface area contributed by atoms with Crippen LogP contribution in [-0.2, 0) is 16.6 Å². The predicted molar refractivity (Wildman–Crippen MR) is 82.3 cm³/mol. The van der Waals surface area contributed by atoms with Crippen molar-refractivity contribution in [3.05, 3.63) is 44.1 Å². The van der Waals surface area contributed by atoms with Crippen LogP contribution < -0.4 is 4.72 Å². The van der Waals surface area contributed by atoms with E-state index < -0.39 is 22.4 Å². The fourth-order valence-corrected chi connectivity index (χ4v) is 4.30. The van der Waals surface area contributed by atoms with Gasteiger partial charge in [-0.1, -0.05) is 0 Å². The van der Waals surface area contributed by atoms with Crippen LogP contribution in [0.15, 0.2) is 38.2 Å². The molecule has 2 aromatic rings. The van der Waals surface area contributed by atoms with Crippen molar-refractivity contribution in [3.8, 4) is 0 Å². The Bertz CT molecular complexity index is 747. The third kappa shape index (κ3) is 3.32. The van der Waals surface area contributed by atoms with Gasteiger partial charge in [0.15, 0.2) is 4.67 Å². The van der Waals surface area contributed by atoms with Gasteiger partial charge in [0.2, 0.25) is 0 Å². The van der Waals surface area contributed by atoms with Crippen molar-refractivity contribution < 1.29 is 22.3 Å². The first-order valence-electron chi connectivity index (χ1n) is 5.20. The molecule has 0 aliphatic carbocycles. The smallest absolute Gasteiger partial charge is 0.266 e. The van der Waals surface area contributed by atoms with Crippen molar-refractivity contribution in [2.24, 2.45) is 0 Å². The van der Waals surface area contributed by atoms with Crippen LogP contribution in [-0.4, -0.2) is 13.5 Å². The fraction of sp³-hybridized carbons (Fsp3) is 0.0909. The van der Waals surface area contributed by atoms with Gasteiger partial charge in [0.25, 0.3) is 10.0 Å². The van der Waals surface area contributed by atoms with Crippen LogP contribution in [0.25, 0.3) is 0 Å². The number of aliphatic hydroxyl groups is 1. The summed E-state index contributed by atoms with van der Waals surface area (Å²) in [6, 6.07) is 4.91. The van der Waals surface area contributed by atoms with Gasteiger partial charge in [0.05, 0.1) is 5.69 Å². The van der Waals surface area contributed by atoms with Gasteiger partial charge in [0.1, 0.15) is 23.1 Å². The molecule has 0 saturated carbocycles. The van der Waals surface area contributed by atoms with E-state index in [-0.39, 0.29) is 21.0 Å². The largest absolute Gasteiger partial charge is 0.450 e. The van der Waals surface area contributed by atoms with E-state index in [2.05, 4.69) is 20.7 Å². The van der Waals surface area contributed by atoms with Crippen LogP contribution in [0.2, 0.25) is 0 Å². The van der Waals surface area contributed by atoms with Gasteiger partial charge in [-0.05, 0) is 56.7 Å². The second-order valence-corrected chi connectivity index (χ2v) is 7.27. The lowest BCUT2D eigenvalue weighted by atomic mass is 10.3. The van der Waals surface area contributed by atoms with Crippen molar-refractivity contribution in [3.63, 3.8) is 0 Å². The Labute approximate surface area is 136 Å². The second-order valence-electron chi connectivity index (χ2n) is 3.74. The molecule has 0 unspecified atom stereocenters. The molecule has 0 radical (unpaired) electrons. The quantitative estimate of drug-likeness (QED) is 0.666. The highest BCUT2D eigenvalue weighted by molar-refractivity contribution is 14.1.